The van der Waals surface area contributed by atoms with Gasteiger partial charge in [0.1, 0.15) is 23.7 Å². The first-order chi connectivity index (χ1) is 13.4. The quantitative estimate of drug-likeness (QED) is 0.433. The summed E-state index contributed by atoms with van der Waals surface area (Å²) >= 11 is 0. The molecule has 0 saturated carbocycles. The summed E-state index contributed by atoms with van der Waals surface area (Å²) in [6.45, 7) is 3.09. The van der Waals surface area contributed by atoms with E-state index in [2.05, 4.69) is 0 Å². The maximum atomic E-state index is 12.5. The first-order valence-electron chi connectivity index (χ1n) is 8.84. The van der Waals surface area contributed by atoms with Gasteiger partial charge >= 0.3 is 11.9 Å². The standard InChI is InChI=1S/C21H21NO6/c1-13-18(22(20(13)24)15-8-10-16(26-3)11-9-15)12-27-21(25)17-6-4-5-7-19(17)28-14(2)23/h4-11,13,18H,12H2,1-3H3/t13-,18+/m0/s1. The van der Waals surface area contributed by atoms with Gasteiger partial charge in [0.15, 0.2) is 0 Å². The third-order valence-corrected chi connectivity index (χ3v) is 4.63. The minimum atomic E-state index is -0.613. The third kappa shape index (κ3) is 3.83. The molecule has 1 fully saturated rings. The number of amides is 1. The molecule has 0 unspecified atom stereocenters. The molecule has 1 heterocycles. The van der Waals surface area contributed by atoms with Crippen LogP contribution < -0.4 is 14.4 Å². The summed E-state index contributed by atoms with van der Waals surface area (Å²) in [6.07, 6.45) is 0. The number of carbonyl (C=O) groups excluding carboxylic acids is 3. The molecule has 1 aliphatic rings. The number of para-hydroxylation sites is 1. The summed E-state index contributed by atoms with van der Waals surface area (Å²) in [4.78, 5) is 37.6. The van der Waals surface area contributed by atoms with Crippen molar-refractivity contribution in [2.45, 2.75) is 19.9 Å². The molecule has 7 heteroatoms. The Hall–Kier alpha value is -3.35. The van der Waals surface area contributed by atoms with Crippen LogP contribution in [0.5, 0.6) is 11.5 Å². The number of hydrogen-bond donors (Lipinski definition) is 0. The summed E-state index contributed by atoms with van der Waals surface area (Å²) in [6, 6.07) is 13.2. The summed E-state index contributed by atoms with van der Waals surface area (Å²) in [5, 5.41) is 0. The fourth-order valence-corrected chi connectivity index (χ4v) is 3.09. The lowest BCUT2D eigenvalue weighted by Gasteiger charge is -2.45. The molecule has 1 amide bonds. The molecular formula is C21H21NO6. The van der Waals surface area contributed by atoms with Crippen LogP contribution in [0.3, 0.4) is 0 Å². The van der Waals surface area contributed by atoms with Crippen LogP contribution >= 0.6 is 0 Å². The Bertz CT molecular complexity index is 892. The Kier molecular flexibility index (Phi) is 5.63. The molecule has 0 aromatic heterocycles. The molecular weight excluding hydrogens is 362 g/mol. The molecule has 146 valence electrons. The van der Waals surface area contributed by atoms with Crippen LogP contribution in [-0.2, 0) is 14.3 Å². The van der Waals surface area contributed by atoms with E-state index in [1.807, 2.05) is 0 Å². The van der Waals surface area contributed by atoms with E-state index in [0.29, 0.717) is 11.4 Å². The topological polar surface area (TPSA) is 82.1 Å². The van der Waals surface area contributed by atoms with Gasteiger partial charge in [-0.05, 0) is 36.4 Å². The Labute approximate surface area is 162 Å². The molecule has 1 aliphatic heterocycles. The summed E-state index contributed by atoms with van der Waals surface area (Å²) in [7, 11) is 1.57. The van der Waals surface area contributed by atoms with Crippen LogP contribution in [0, 0.1) is 5.92 Å². The Morgan fingerprint density at radius 3 is 2.39 bits per heavy atom. The number of hydrogen-bond acceptors (Lipinski definition) is 6. The lowest BCUT2D eigenvalue weighted by atomic mass is 9.89. The lowest BCUT2D eigenvalue weighted by molar-refractivity contribution is -0.132. The first-order valence-corrected chi connectivity index (χ1v) is 8.84. The van der Waals surface area contributed by atoms with E-state index in [-0.39, 0.29) is 35.8 Å². The molecule has 0 spiro atoms. The fraction of sp³-hybridized carbons (Fsp3) is 0.286. The smallest absolute Gasteiger partial charge is 0.342 e. The number of rotatable bonds is 6. The molecule has 2 aromatic carbocycles. The zero-order valence-electron chi connectivity index (χ0n) is 15.9. The highest BCUT2D eigenvalue weighted by molar-refractivity contribution is 6.03. The average Bonchev–Trinajstić information content (AvgIpc) is 2.70. The highest BCUT2D eigenvalue weighted by atomic mass is 16.5. The van der Waals surface area contributed by atoms with Crippen molar-refractivity contribution in [1.82, 2.24) is 0 Å². The van der Waals surface area contributed by atoms with E-state index in [9.17, 15) is 14.4 Å². The fourth-order valence-electron chi connectivity index (χ4n) is 3.09. The van der Waals surface area contributed by atoms with Gasteiger partial charge in [-0.15, -0.1) is 0 Å². The van der Waals surface area contributed by atoms with Gasteiger partial charge in [0.05, 0.1) is 19.1 Å². The van der Waals surface area contributed by atoms with Crippen LogP contribution in [0.4, 0.5) is 5.69 Å². The summed E-state index contributed by atoms with van der Waals surface area (Å²) in [5.41, 5.74) is 0.872. The second kappa shape index (κ2) is 8.12. The highest BCUT2D eigenvalue weighted by Crippen LogP contribution is 2.33. The van der Waals surface area contributed by atoms with E-state index in [1.165, 1.54) is 19.1 Å². The molecule has 7 nitrogen and oxygen atoms in total. The molecule has 0 aliphatic carbocycles. The van der Waals surface area contributed by atoms with Crippen molar-refractivity contribution in [1.29, 1.82) is 0 Å². The van der Waals surface area contributed by atoms with Crippen LogP contribution in [0.1, 0.15) is 24.2 Å². The minimum absolute atomic E-state index is 0.0339. The van der Waals surface area contributed by atoms with Gasteiger partial charge < -0.3 is 19.1 Å². The predicted molar refractivity (Wildman–Crippen MR) is 101 cm³/mol. The van der Waals surface area contributed by atoms with Gasteiger partial charge in [0.25, 0.3) is 0 Å². The van der Waals surface area contributed by atoms with Crippen molar-refractivity contribution in [3.8, 4) is 11.5 Å². The van der Waals surface area contributed by atoms with Crippen LogP contribution in [0.15, 0.2) is 48.5 Å². The number of anilines is 1. The van der Waals surface area contributed by atoms with E-state index in [1.54, 1.807) is 55.3 Å². The van der Waals surface area contributed by atoms with E-state index >= 15 is 0 Å². The van der Waals surface area contributed by atoms with E-state index in [0.717, 1.165) is 0 Å². The van der Waals surface area contributed by atoms with Gasteiger partial charge in [-0.25, -0.2) is 4.79 Å². The molecule has 2 aromatic rings. The molecule has 28 heavy (non-hydrogen) atoms. The van der Waals surface area contributed by atoms with Crippen molar-refractivity contribution in [2.24, 2.45) is 5.92 Å². The predicted octanol–water partition coefficient (Wildman–Crippen LogP) is 2.83. The number of methoxy groups -OCH3 is 1. The van der Waals surface area contributed by atoms with E-state index < -0.39 is 11.9 Å². The number of ether oxygens (including phenoxy) is 3. The highest BCUT2D eigenvalue weighted by Gasteiger charge is 2.45. The van der Waals surface area contributed by atoms with Gasteiger partial charge in [0.2, 0.25) is 5.91 Å². The maximum absolute atomic E-state index is 12.5. The van der Waals surface area contributed by atoms with Crippen LogP contribution in [-0.4, -0.2) is 37.6 Å². The Balaban J connectivity index is 1.70. The number of nitrogens with zero attached hydrogens (tertiary/aromatic N) is 1. The second-order valence-corrected chi connectivity index (χ2v) is 6.45. The van der Waals surface area contributed by atoms with Crippen LogP contribution in [0.25, 0.3) is 0 Å². The van der Waals surface area contributed by atoms with Gasteiger partial charge in [-0.2, -0.15) is 0 Å². The molecule has 2 atom stereocenters. The minimum Gasteiger partial charge on any atom is -0.497 e. The zero-order valence-corrected chi connectivity index (χ0v) is 15.9. The second-order valence-electron chi connectivity index (χ2n) is 6.45. The van der Waals surface area contributed by atoms with E-state index in [4.69, 9.17) is 14.2 Å². The van der Waals surface area contributed by atoms with Crippen molar-refractivity contribution in [3.63, 3.8) is 0 Å². The first kappa shape index (κ1) is 19.4. The molecule has 1 saturated heterocycles. The largest absolute Gasteiger partial charge is 0.497 e. The lowest BCUT2D eigenvalue weighted by Crippen LogP contribution is -2.62. The number of esters is 2. The molecule has 3 rings (SSSR count). The number of carbonyl (C=O) groups is 3. The normalized spacial score (nSPS) is 18.2. The Morgan fingerprint density at radius 2 is 1.75 bits per heavy atom. The third-order valence-electron chi connectivity index (χ3n) is 4.63. The Morgan fingerprint density at radius 1 is 1.07 bits per heavy atom. The van der Waals surface area contributed by atoms with Gasteiger partial charge in [0, 0.05) is 12.6 Å². The monoisotopic (exact) mass is 383 g/mol. The van der Waals surface area contributed by atoms with Crippen molar-refractivity contribution in [2.75, 3.05) is 18.6 Å². The van der Waals surface area contributed by atoms with Gasteiger partial charge in [-0.3, -0.25) is 9.59 Å². The van der Waals surface area contributed by atoms with Crippen LogP contribution in [0.2, 0.25) is 0 Å². The SMILES string of the molecule is COc1ccc(N2C(=O)[C@@H](C)[C@H]2COC(=O)c2ccccc2OC(C)=O)cc1. The van der Waals surface area contributed by atoms with Crippen molar-refractivity contribution < 1.29 is 28.6 Å². The number of β-lactam (4-membered cyclic amide) rings is 1. The molecule has 0 bridgehead atoms. The van der Waals surface area contributed by atoms with Gasteiger partial charge in [-0.1, -0.05) is 19.1 Å². The summed E-state index contributed by atoms with van der Waals surface area (Å²) < 4.78 is 15.6. The average molecular weight is 383 g/mol. The number of benzene rings is 2. The van der Waals surface area contributed by atoms with Crippen molar-refractivity contribution in [3.05, 3.63) is 54.1 Å². The van der Waals surface area contributed by atoms with Crippen molar-refractivity contribution >= 4 is 23.5 Å². The zero-order chi connectivity index (χ0) is 20.3. The maximum Gasteiger partial charge on any atom is 0.342 e. The summed E-state index contributed by atoms with van der Waals surface area (Å²) in [5.74, 6) is -0.605. The molecule has 0 radical (unpaired) electrons. The molecule has 0 N–H and O–H groups in total.